The van der Waals surface area contributed by atoms with Crippen LogP contribution in [0.2, 0.25) is 0 Å². The largest absolute Gasteiger partial charge is 0.458 e. The first kappa shape index (κ1) is 22.8. The molecule has 0 bridgehead atoms. The van der Waals surface area contributed by atoms with Gasteiger partial charge in [-0.1, -0.05) is 17.7 Å². The summed E-state index contributed by atoms with van der Waals surface area (Å²) in [6, 6.07) is 4.00. The van der Waals surface area contributed by atoms with E-state index in [4.69, 9.17) is 8.92 Å². The first-order valence-electron chi connectivity index (χ1n) is 9.04. The van der Waals surface area contributed by atoms with Crippen LogP contribution >= 0.6 is 0 Å². The van der Waals surface area contributed by atoms with Gasteiger partial charge in [0, 0.05) is 7.05 Å². The minimum Gasteiger partial charge on any atom is -0.458 e. The number of imide groups is 1. The van der Waals surface area contributed by atoms with Gasteiger partial charge in [-0.3, -0.25) is 8.98 Å². The molecular weight excluding hydrogens is 400 g/mol. The van der Waals surface area contributed by atoms with Crippen LogP contribution in [0.25, 0.3) is 0 Å². The van der Waals surface area contributed by atoms with Crippen molar-refractivity contribution >= 4 is 28.0 Å². The highest BCUT2D eigenvalue weighted by Gasteiger charge is 2.47. The molecule has 3 amide bonds. The van der Waals surface area contributed by atoms with Crippen LogP contribution in [0, 0.1) is 6.92 Å². The minimum absolute atomic E-state index is 0.0586. The molecule has 1 aromatic carbocycles. The van der Waals surface area contributed by atoms with E-state index < -0.39 is 45.8 Å². The third kappa shape index (κ3) is 5.33. The first-order valence-corrected chi connectivity index (χ1v) is 10.4. The fourth-order valence-corrected chi connectivity index (χ4v) is 3.76. The second-order valence-electron chi connectivity index (χ2n) is 7.93. The molecule has 0 unspecified atom stereocenters. The standard InChI is InChI=1S/C19H26N2O7S/c1-12-7-9-14(10-8-12)29(25,26)28-13(2)16(22)21-15(11-20(6)18(21)24)17(23)27-19(3,4)5/h7-10,13,15H,11H2,1-6H3/t13-,15+/m1/s1. The molecular formula is C19H26N2O7S. The summed E-state index contributed by atoms with van der Waals surface area (Å²) in [4.78, 5) is 39.5. The average molecular weight is 426 g/mol. The maximum absolute atomic E-state index is 12.8. The van der Waals surface area contributed by atoms with E-state index >= 15 is 0 Å². The lowest BCUT2D eigenvalue weighted by molar-refractivity contribution is -0.162. The van der Waals surface area contributed by atoms with Crippen LogP contribution < -0.4 is 0 Å². The summed E-state index contributed by atoms with van der Waals surface area (Å²) in [7, 11) is -2.80. The van der Waals surface area contributed by atoms with Crippen LogP contribution in [-0.4, -0.2) is 67.5 Å². The molecule has 1 saturated heterocycles. The lowest BCUT2D eigenvalue weighted by Gasteiger charge is -2.26. The monoisotopic (exact) mass is 426 g/mol. The quantitative estimate of drug-likeness (QED) is 0.520. The van der Waals surface area contributed by atoms with Gasteiger partial charge in [0.15, 0.2) is 12.1 Å². The highest BCUT2D eigenvalue weighted by molar-refractivity contribution is 7.86. The maximum Gasteiger partial charge on any atom is 0.331 e. The Kier molecular flexibility index (Phi) is 6.39. The number of likely N-dealkylation sites (N-methyl/N-ethyl adjacent to an activating group) is 1. The van der Waals surface area contributed by atoms with E-state index in [1.165, 1.54) is 31.0 Å². The van der Waals surface area contributed by atoms with Crippen LogP contribution in [0.5, 0.6) is 0 Å². The number of urea groups is 1. The molecule has 10 heteroatoms. The number of hydrogen-bond donors (Lipinski definition) is 0. The molecule has 0 saturated carbocycles. The number of nitrogens with zero attached hydrogens (tertiary/aromatic N) is 2. The van der Waals surface area contributed by atoms with Crippen molar-refractivity contribution < 1.29 is 31.7 Å². The number of hydrogen-bond acceptors (Lipinski definition) is 7. The van der Waals surface area contributed by atoms with Gasteiger partial charge in [0.2, 0.25) is 0 Å². The van der Waals surface area contributed by atoms with Gasteiger partial charge in [-0.05, 0) is 46.8 Å². The number of amides is 3. The SMILES string of the molecule is Cc1ccc(S(=O)(=O)O[C@H](C)C(=O)N2C(=O)N(C)C[C@H]2C(=O)OC(C)(C)C)cc1. The van der Waals surface area contributed by atoms with Crippen LogP contribution in [0.3, 0.4) is 0 Å². The number of ether oxygens (including phenoxy) is 1. The van der Waals surface area contributed by atoms with Gasteiger partial charge in [0.25, 0.3) is 16.0 Å². The molecule has 1 aliphatic rings. The Labute approximate surface area is 170 Å². The predicted octanol–water partition coefficient (Wildman–Crippen LogP) is 1.69. The van der Waals surface area contributed by atoms with Gasteiger partial charge in [0.05, 0.1) is 11.4 Å². The number of benzene rings is 1. The molecule has 1 fully saturated rings. The molecule has 9 nitrogen and oxygen atoms in total. The van der Waals surface area contributed by atoms with Gasteiger partial charge < -0.3 is 9.64 Å². The molecule has 0 spiro atoms. The fourth-order valence-electron chi connectivity index (χ4n) is 2.72. The number of aryl methyl sites for hydroxylation is 1. The van der Waals surface area contributed by atoms with Gasteiger partial charge in [-0.25, -0.2) is 14.5 Å². The zero-order valence-corrected chi connectivity index (χ0v) is 18.1. The average Bonchev–Trinajstić information content (AvgIpc) is 2.88. The Balaban J connectivity index is 2.22. The number of esters is 1. The summed E-state index contributed by atoms with van der Waals surface area (Å²) >= 11 is 0. The van der Waals surface area contributed by atoms with E-state index in [0.29, 0.717) is 4.90 Å². The van der Waals surface area contributed by atoms with Crippen molar-refractivity contribution in [2.45, 2.75) is 57.3 Å². The summed E-state index contributed by atoms with van der Waals surface area (Å²) < 4.78 is 35.2. The second-order valence-corrected chi connectivity index (χ2v) is 9.50. The Morgan fingerprint density at radius 1 is 1.17 bits per heavy atom. The molecule has 2 atom stereocenters. The summed E-state index contributed by atoms with van der Waals surface area (Å²) in [6.45, 7) is 7.95. The van der Waals surface area contributed by atoms with Crippen LogP contribution in [-0.2, 0) is 28.6 Å². The summed E-state index contributed by atoms with van der Waals surface area (Å²) in [5, 5.41) is 0. The number of rotatable bonds is 5. The topological polar surface area (TPSA) is 110 Å². The lowest BCUT2D eigenvalue weighted by atomic mass is 10.2. The van der Waals surface area contributed by atoms with Crippen molar-refractivity contribution in [3.05, 3.63) is 29.8 Å². The molecule has 29 heavy (non-hydrogen) atoms. The van der Waals surface area contributed by atoms with Gasteiger partial charge in [-0.2, -0.15) is 8.42 Å². The normalized spacial score (nSPS) is 18.7. The van der Waals surface area contributed by atoms with E-state index in [-0.39, 0.29) is 11.4 Å². The molecule has 0 radical (unpaired) electrons. The molecule has 1 aliphatic heterocycles. The van der Waals surface area contributed by atoms with Crippen molar-refractivity contribution in [1.29, 1.82) is 0 Å². The van der Waals surface area contributed by atoms with Crippen molar-refractivity contribution in [3.8, 4) is 0 Å². The molecule has 0 N–H and O–H groups in total. The third-order valence-corrected chi connectivity index (χ3v) is 5.53. The van der Waals surface area contributed by atoms with Gasteiger partial charge >= 0.3 is 12.0 Å². The highest BCUT2D eigenvalue weighted by atomic mass is 32.2. The molecule has 2 rings (SSSR count). The molecule has 0 aromatic heterocycles. The second kappa shape index (κ2) is 8.11. The van der Waals surface area contributed by atoms with Crippen molar-refractivity contribution in [2.75, 3.05) is 13.6 Å². The number of carbonyl (C=O) groups is 3. The smallest absolute Gasteiger partial charge is 0.331 e. The van der Waals surface area contributed by atoms with E-state index in [9.17, 15) is 22.8 Å². The molecule has 160 valence electrons. The Morgan fingerprint density at radius 2 is 1.72 bits per heavy atom. The maximum atomic E-state index is 12.8. The molecule has 1 heterocycles. The van der Waals surface area contributed by atoms with Gasteiger partial charge in [0.1, 0.15) is 5.60 Å². The van der Waals surface area contributed by atoms with Crippen molar-refractivity contribution in [2.24, 2.45) is 0 Å². The third-order valence-electron chi connectivity index (χ3n) is 4.14. The zero-order chi connectivity index (χ0) is 22.1. The van der Waals surface area contributed by atoms with E-state index in [0.717, 1.165) is 5.56 Å². The first-order chi connectivity index (χ1) is 13.2. The van der Waals surface area contributed by atoms with Gasteiger partial charge in [-0.15, -0.1) is 0 Å². The van der Waals surface area contributed by atoms with Crippen molar-refractivity contribution in [3.63, 3.8) is 0 Å². The summed E-state index contributed by atoms with van der Waals surface area (Å²) in [5.41, 5.74) is 0.0476. The zero-order valence-electron chi connectivity index (χ0n) is 17.3. The summed E-state index contributed by atoms with van der Waals surface area (Å²) in [5.74, 6) is -1.69. The van der Waals surface area contributed by atoms with Crippen LogP contribution in [0.4, 0.5) is 4.79 Å². The predicted molar refractivity (Wildman–Crippen MR) is 103 cm³/mol. The fraction of sp³-hybridized carbons (Fsp3) is 0.526. The molecule has 1 aromatic rings. The van der Waals surface area contributed by atoms with Crippen LogP contribution in [0.1, 0.15) is 33.3 Å². The van der Waals surface area contributed by atoms with Crippen molar-refractivity contribution in [1.82, 2.24) is 9.80 Å². The summed E-state index contributed by atoms with van der Waals surface area (Å²) in [6.07, 6.45) is -1.51. The Morgan fingerprint density at radius 3 is 2.24 bits per heavy atom. The van der Waals surface area contributed by atoms with E-state index in [1.54, 1.807) is 39.8 Å². The highest BCUT2D eigenvalue weighted by Crippen LogP contribution is 2.22. The Bertz CT molecular complexity index is 903. The van der Waals surface area contributed by atoms with Crippen LogP contribution in [0.15, 0.2) is 29.2 Å². The molecule has 0 aliphatic carbocycles. The van der Waals surface area contributed by atoms with E-state index in [1.807, 2.05) is 0 Å². The minimum atomic E-state index is -4.24. The number of carbonyl (C=O) groups excluding carboxylic acids is 3. The Hall–Kier alpha value is -2.46. The van der Waals surface area contributed by atoms with E-state index in [2.05, 4.69) is 0 Å². The lowest BCUT2D eigenvalue weighted by Crippen LogP contribution is -2.50.